The van der Waals surface area contributed by atoms with E-state index in [4.69, 9.17) is 53.4 Å². The summed E-state index contributed by atoms with van der Waals surface area (Å²) in [6.45, 7) is 26.2. The van der Waals surface area contributed by atoms with E-state index in [1.807, 2.05) is 224 Å². The number of hydrogen-bond acceptors (Lipinski definition) is 26. The molecule has 0 bridgehead atoms. The number of carbonyl (C=O) groups excluding carboxylic acids is 5. The summed E-state index contributed by atoms with van der Waals surface area (Å²) in [4.78, 5) is 81.3. The number of benzene rings is 5. The van der Waals surface area contributed by atoms with Crippen LogP contribution in [0, 0.1) is 80.2 Å². The van der Waals surface area contributed by atoms with Gasteiger partial charge in [0, 0.05) is 86.3 Å². The predicted octanol–water partition coefficient (Wildman–Crippen LogP) is 21.0. The highest BCUT2D eigenvalue weighted by Crippen LogP contribution is 2.34. The Morgan fingerprint density at radius 1 is 0.362 bits per heavy atom. The van der Waals surface area contributed by atoms with E-state index in [9.17, 15) is 38.0 Å². The molecule has 5 heterocycles. The summed E-state index contributed by atoms with van der Waals surface area (Å²) in [6.07, 6.45) is 15.5. The minimum Gasteiger partial charge on any atom is -0.444 e. The third kappa shape index (κ3) is 38.8. The molecule has 5 amide bonds. The fourth-order valence-electron chi connectivity index (χ4n) is 15.3. The average molecular weight is 1950 g/mol. The zero-order valence-electron chi connectivity index (χ0n) is 81.1. The summed E-state index contributed by atoms with van der Waals surface area (Å²) >= 11 is 3.04. The molecule has 0 spiro atoms. The van der Waals surface area contributed by atoms with E-state index in [0.29, 0.717) is 84.1 Å². The number of hydrogen-bond donors (Lipinski definition) is 15. The van der Waals surface area contributed by atoms with Crippen LogP contribution in [0.3, 0.4) is 0 Å². The minimum absolute atomic E-state index is 0.0194. The molecule has 4 aliphatic carbocycles. The van der Waals surface area contributed by atoms with Gasteiger partial charge in [-0.2, -0.15) is 15.8 Å². The summed E-state index contributed by atoms with van der Waals surface area (Å²) in [5.41, 5.74) is 38.7. The summed E-state index contributed by atoms with van der Waals surface area (Å²) in [5, 5.41) is 58.8. The molecule has 138 heavy (non-hydrogen) atoms. The lowest BCUT2D eigenvalue weighted by Gasteiger charge is -2.34. The summed E-state index contributed by atoms with van der Waals surface area (Å²) in [6, 6.07) is 59.2. The number of nitrogen functional groups attached to an aromatic ring is 1. The molecule has 5 aromatic carbocycles. The van der Waals surface area contributed by atoms with Crippen molar-refractivity contribution < 1.29 is 47.0 Å². The Hall–Kier alpha value is -14.3. The number of anilines is 12. The lowest BCUT2D eigenvalue weighted by molar-refractivity contribution is 0.0475. The number of ether oxygens (including phenoxy) is 3. The molecule has 14 rings (SSSR count). The van der Waals surface area contributed by atoms with Gasteiger partial charge in [-0.25, -0.2) is 48.1 Å². The van der Waals surface area contributed by atoms with E-state index >= 15 is 0 Å². The molecule has 8 atom stereocenters. The van der Waals surface area contributed by atoms with E-state index in [2.05, 4.69) is 100 Å². The number of nitrogens with one attached hydrogen (secondary N) is 10. The van der Waals surface area contributed by atoms with Crippen LogP contribution >= 0.6 is 15.9 Å². The monoisotopic (exact) mass is 1950 g/mol. The molecule has 4 aliphatic rings. The van der Waals surface area contributed by atoms with Crippen molar-refractivity contribution in [2.24, 2.45) is 22.9 Å². The Kier molecular flexibility index (Phi) is 42.1. The van der Waals surface area contributed by atoms with Gasteiger partial charge in [0.15, 0.2) is 0 Å². The van der Waals surface area contributed by atoms with E-state index in [1.165, 1.54) is 49.2 Å². The third-order valence-corrected chi connectivity index (χ3v) is 22.4. The number of primary amides is 2. The SMILES string of the molecule is CC(C)(C)OC(=O)N[C@H]1CCCC[C@H]1N.Cc1cccc(N)n1.Cc1cccc(Nc2cc(F)ccc2C#N)n1.Cc1cccc(Nc2cc(N[C@@H]3CCCC[C@@H]3N)ccc2C(N)=O)n1.Cc1cccc(Nc2cc(N[C@@H]3CCCC[C@@H]3NC(=O)OC(C)(C)C)ccc2C#N)n1.Cc1cccc(Nc2cc(N[C@@H]3CCCC[C@@H]3NC(=O)OC(C)(C)C)ccc2C(N)=O)n1.N#Cc1ccc(F)cc1Br. The maximum atomic E-state index is 13.1. The Morgan fingerprint density at radius 3 is 0.986 bits per heavy atom. The van der Waals surface area contributed by atoms with Crippen molar-refractivity contribution in [3.8, 4) is 18.2 Å². The van der Waals surface area contributed by atoms with Crippen molar-refractivity contribution in [1.82, 2.24) is 40.9 Å². The molecule has 0 aliphatic heterocycles. The fraction of sp³-hybridized carbons (Fsp3) is 0.394. The van der Waals surface area contributed by atoms with E-state index in [0.717, 1.165) is 135 Å². The van der Waals surface area contributed by atoms with Gasteiger partial charge in [0.05, 0.1) is 62.7 Å². The number of alkyl carbamates (subject to hydrolysis) is 3. The molecular formula is C104H132BrF2N23O8. The summed E-state index contributed by atoms with van der Waals surface area (Å²) in [5.74, 6) is 1.45. The number of amides is 5. The zero-order chi connectivity index (χ0) is 101. The molecular weight excluding hydrogens is 1820 g/mol. The smallest absolute Gasteiger partial charge is 0.407 e. The lowest BCUT2D eigenvalue weighted by atomic mass is 9.90. The van der Waals surface area contributed by atoms with Crippen LogP contribution < -0.4 is 81.8 Å². The van der Waals surface area contributed by atoms with Crippen LogP contribution in [-0.4, -0.2) is 120 Å². The van der Waals surface area contributed by atoms with Crippen LogP contribution in [0.1, 0.15) is 231 Å². The number of carbonyl (C=O) groups is 5. The predicted molar refractivity (Wildman–Crippen MR) is 545 cm³/mol. The van der Waals surface area contributed by atoms with Gasteiger partial charge in [0.2, 0.25) is 0 Å². The first-order valence-electron chi connectivity index (χ1n) is 46.2. The van der Waals surface area contributed by atoms with Gasteiger partial charge < -0.3 is 96.0 Å². The molecule has 20 N–H and O–H groups in total. The zero-order valence-corrected chi connectivity index (χ0v) is 82.7. The van der Waals surface area contributed by atoms with Crippen molar-refractivity contribution in [2.75, 3.05) is 43.0 Å². The van der Waals surface area contributed by atoms with Gasteiger partial charge in [0.1, 0.15) is 75.7 Å². The van der Waals surface area contributed by atoms with Gasteiger partial charge >= 0.3 is 18.3 Å². The third-order valence-electron chi connectivity index (χ3n) is 21.7. The van der Waals surface area contributed by atoms with Crippen LogP contribution in [0.15, 0.2) is 186 Å². The topological polar surface area (TPSA) is 499 Å². The number of rotatable bonds is 19. The highest BCUT2D eigenvalue weighted by Gasteiger charge is 2.32. The standard InChI is InChI=1S/C24H33N5O3.C24H31N5O2.C19H25N5O.C13H10FN3.C11H22N2O2.C7H3BrFN.C6H8N2/c1-15-8-7-11-21(26-15)28-20-14-16(12-13-17(20)22(25)30)27-18-9-5-6-10-19(18)29-23(31)32-24(2,3)4;1-16-8-7-11-22(26-16)28-21-14-18(13-12-17(21)15-25)27-19-9-5-6-10-20(19)29-23(30)31-24(2,3)4;1-12-5-4-8-18(22-12)24-17-11-13(9-10-14(17)19(21)25)23-16-7-3-2-6-15(16)20;1-9-3-2-4-13(16-9)17-12-7-11(14)6-5-10(12)8-15;1-11(2,3)15-10(14)13-9-7-5-4-6-8(9)12;8-7-3-6(9)2-1-5(7)4-10;1-5-3-2-4-6(7)8-5/h7-8,11-14,18-19,27H,5-6,9-10H2,1-4H3,(H2,25,30)(H,26,28)(H,29,31);7-8,11-14,19-20,27H,5-6,9-10H2,1-4H3,(H,26,28)(H,29,30);4-5,8-11,15-16,23H,2-3,6-7,20H2,1H3,(H2,21,25)(H,22,24);2-7H,1H3,(H,16,17);8-9H,4-7,12H2,1-3H3,(H,13,14);1-3H;2-4H,1H3,(H2,7,8)/t18-,19+;19-,20+;15-,16+;;8-,9+;;/m110.1../s1. The molecule has 0 unspecified atom stereocenters. The van der Waals surface area contributed by atoms with E-state index < -0.39 is 34.7 Å². The van der Waals surface area contributed by atoms with Gasteiger partial charge in [-0.1, -0.05) is 81.7 Å². The number of nitriles is 3. The Labute approximate surface area is 817 Å². The van der Waals surface area contributed by atoms with E-state index in [-0.39, 0.29) is 72.2 Å². The second-order valence-electron chi connectivity index (χ2n) is 37.0. The van der Waals surface area contributed by atoms with Crippen molar-refractivity contribution in [3.63, 3.8) is 0 Å². The number of nitrogens with zero attached hydrogens (tertiary/aromatic N) is 8. The maximum absolute atomic E-state index is 13.1. The van der Waals surface area contributed by atoms with Gasteiger partial charge in [0.25, 0.3) is 11.8 Å². The number of pyridine rings is 5. The maximum Gasteiger partial charge on any atom is 0.407 e. The second kappa shape index (κ2) is 53.3. The molecule has 4 saturated carbocycles. The molecule has 34 heteroatoms. The van der Waals surface area contributed by atoms with Crippen molar-refractivity contribution >= 4 is 115 Å². The molecule has 5 aromatic heterocycles. The van der Waals surface area contributed by atoms with Crippen LogP contribution in [0.5, 0.6) is 0 Å². The van der Waals surface area contributed by atoms with Crippen LogP contribution in [0.25, 0.3) is 0 Å². The van der Waals surface area contributed by atoms with Crippen LogP contribution in [0.2, 0.25) is 0 Å². The number of nitrogens with two attached hydrogens (primary N) is 5. The number of halogens is 3. The van der Waals surface area contributed by atoms with Gasteiger partial charge in [-0.3, -0.25) is 9.59 Å². The Balaban J connectivity index is 0.000000206. The quantitative estimate of drug-likeness (QED) is 0.0334. The molecule has 10 aromatic rings. The summed E-state index contributed by atoms with van der Waals surface area (Å²) in [7, 11) is 0. The number of aryl methyl sites for hydroxylation is 5. The summed E-state index contributed by atoms with van der Waals surface area (Å²) < 4.78 is 42.0. The molecule has 0 radical (unpaired) electrons. The highest BCUT2D eigenvalue weighted by atomic mass is 79.9. The molecule has 732 valence electrons. The normalized spacial score (nSPS) is 17.4. The largest absolute Gasteiger partial charge is 0.444 e. The first-order valence-corrected chi connectivity index (χ1v) is 47.0. The minimum atomic E-state index is -0.545. The fourth-order valence-corrected chi connectivity index (χ4v) is 15.7. The van der Waals surface area contributed by atoms with Gasteiger partial charge in [-0.05, 0) is 316 Å². The van der Waals surface area contributed by atoms with Crippen molar-refractivity contribution in [1.29, 1.82) is 15.8 Å². The van der Waals surface area contributed by atoms with Gasteiger partial charge in [-0.15, -0.1) is 0 Å². The first-order chi connectivity index (χ1) is 65.5. The number of aromatic nitrogens is 5. The van der Waals surface area contributed by atoms with Crippen molar-refractivity contribution in [2.45, 2.75) is 265 Å². The second-order valence-corrected chi connectivity index (χ2v) is 37.9. The van der Waals surface area contributed by atoms with Crippen molar-refractivity contribution in [3.05, 3.63) is 254 Å². The Morgan fingerprint density at radius 2 is 0.652 bits per heavy atom. The molecule has 31 nitrogen and oxygen atoms in total. The Bertz CT molecular complexity index is 5840. The highest BCUT2D eigenvalue weighted by molar-refractivity contribution is 9.10. The van der Waals surface area contributed by atoms with Crippen LogP contribution in [0.4, 0.5) is 92.1 Å². The van der Waals surface area contributed by atoms with Crippen LogP contribution in [-0.2, 0) is 14.2 Å². The average Bonchev–Trinajstić information content (AvgIpc) is 0.828. The molecule has 4 fully saturated rings. The first kappa shape index (κ1) is 109. The molecule has 0 saturated heterocycles. The van der Waals surface area contributed by atoms with E-state index in [1.54, 1.807) is 30.3 Å². The lowest BCUT2D eigenvalue weighted by Crippen LogP contribution is -2.50.